The van der Waals surface area contributed by atoms with Crippen molar-refractivity contribution in [2.75, 3.05) is 19.1 Å². The summed E-state index contributed by atoms with van der Waals surface area (Å²) >= 11 is 0. The van der Waals surface area contributed by atoms with E-state index < -0.39 is 5.97 Å². The lowest BCUT2D eigenvalue weighted by atomic mass is 10.1. The van der Waals surface area contributed by atoms with Crippen LogP contribution in [0.5, 0.6) is 5.75 Å². The lowest BCUT2D eigenvalue weighted by Gasteiger charge is -2.28. The fourth-order valence-electron chi connectivity index (χ4n) is 2.09. The average molecular weight is 251 g/mol. The zero-order valence-electron chi connectivity index (χ0n) is 11.7. The molecule has 1 aromatic carbocycles. The number of hydrogen-bond donors (Lipinski definition) is 1. The van der Waals surface area contributed by atoms with E-state index in [0.717, 1.165) is 22.6 Å². The Morgan fingerprint density at radius 3 is 2.56 bits per heavy atom. The summed E-state index contributed by atoms with van der Waals surface area (Å²) < 4.78 is 5.42. The van der Waals surface area contributed by atoms with E-state index in [0.29, 0.717) is 0 Å². The minimum absolute atomic E-state index is 0.0856. The van der Waals surface area contributed by atoms with Gasteiger partial charge >= 0.3 is 5.97 Å². The van der Waals surface area contributed by atoms with Crippen molar-refractivity contribution >= 4 is 11.7 Å². The molecule has 0 fully saturated rings. The van der Waals surface area contributed by atoms with E-state index in [1.54, 1.807) is 7.11 Å². The van der Waals surface area contributed by atoms with Gasteiger partial charge < -0.3 is 14.7 Å². The summed E-state index contributed by atoms with van der Waals surface area (Å²) in [6, 6.07) is 3.99. The molecular weight excluding hydrogens is 230 g/mol. The highest BCUT2D eigenvalue weighted by atomic mass is 16.5. The molecule has 1 N–H and O–H groups in total. The summed E-state index contributed by atoms with van der Waals surface area (Å²) in [4.78, 5) is 12.7. The molecule has 0 aliphatic heterocycles. The Bertz CT molecular complexity index is 443. The zero-order valence-corrected chi connectivity index (χ0v) is 11.7. The number of benzene rings is 1. The van der Waals surface area contributed by atoms with E-state index >= 15 is 0 Å². The fourth-order valence-corrected chi connectivity index (χ4v) is 2.09. The van der Waals surface area contributed by atoms with Crippen LogP contribution in [0.4, 0.5) is 5.69 Å². The second-order valence-electron chi connectivity index (χ2n) is 4.69. The van der Waals surface area contributed by atoms with Crippen LogP contribution < -0.4 is 9.64 Å². The molecule has 0 saturated heterocycles. The topological polar surface area (TPSA) is 49.8 Å². The van der Waals surface area contributed by atoms with E-state index in [9.17, 15) is 4.79 Å². The molecule has 0 aliphatic carbocycles. The molecule has 0 saturated carbocycles. The van der Waals surface area contributed by atoms with Gasteiger partial charge in [0.1, 0.15) is 5.75 Å². The van der Waals surface area contributed by atoms with E-state index in [4.69, 9.17) is 9.84 Å². The predicted molar refractivity (Wildman–Crippen MR) is 72.6 cm³/mol. The zero-order chi connectivity index (χ0) is 13.9. The maximum absolute atomic E-state index is 10.8. The summed E-state index contributed by atoms with van der Waals surface area (Å²) in [5, 5.41) is 8.86. The monoisotopic (exact) mass is 251 g/mol. The molecule has 18 heavy (non-hydrogen) atoms. The minimum atomic E-state index is -0.794. The number of methoxy groups -OCH3 is 1. The van der Waals surface area contributed by atoms with E-state index in [2.05, 4.69) is 6.07 Å². The van der Waals surface area contributed by atoms with Gasteiger partial charge in [-0.25, -0.2) is 0 Å². The van der Waals surface area contributed by atoms with E-state index in [1.807, 2.05) is 38.8 Å². The Balaban J connectivity index is 3.11. The minimum Gasteiger partial charge on any atom is -0.494 e. The van der Waals surface area contributed by atoms with Crippen molar-refractivity contribution in [1.82, 2.24) is 0 Å². The first-order valence-corrected chi connectivity index (χ1v) is 5.96. The summed E-state index contributed by atoms with van der Waals surface area (Å²) in [7, 11) is 3.53. The van der Waals surface area contributed by atoms with Crippen LogP contribution in [-0.4, -0.2) is 31.3 Å². The molecule has 1 aromatic rings. The van der Waals surface area contributed by atoms with Crippen molar-refractivity contribution in [2.24, 2.45) is 0 Å². The average Bonchev–Trinajstić information content (AvgIpc) is 2.26. The van der Waals surface area contributed by atoms with Crippen molar-refractivity contribution in [3.05, 3.63) is 23.3 Å². The lowest BCUT2D eigenvalue weighted by Crippen LogP contribution is -2.31. The van der Waals surface area contributed by atoms with Gasteiger partial charge in [-0.3, -0.25) is 4.79 Å². The van der Waals surface area contributed by atoms with Gasteiger partial charge in [0, 0.05) is 13.1 Å². The smallest absolute Gasteiger partial charge is 0.305 e. The van der Waals surface area contributed by atoms with Gasteiger partial charge in [-0.2, -0.15) is 0 Å². The SMILES string of the molecule is COc1c(C)cc(C)cc1N(C)C(C)CC(=O)O. The van der Waals surface area contributed by atoms with Gasteiger partial charge in [0.2, 0.25) is 0 Å². The molecule has 1 atom stereocenters. The first-order chi connectivity index (χ1) is 8.36. The van der Waals surface area contributed by atoms with E-state index in [-0.39, 0.29) is 12.5 Å². The number of anilines is 1. The van der Waals surface area contributed by atoms with Crippen LogP contribution in [0, 0.1) is 13.8 Å². The van der Waals surface area contributed by atoms with Crippen molar-refractivity contribution in [3.63, 3.8) is 0 Å². The highest BCUT2D eigenvalue weighted by Crippen LogP contribution is 2.33. The lowest BCUT2D eigenvalue weighted by molar-refractivity contribution is -0.137. The van der Waals surface area contributed by atoms with Crippen molar-refractivity contribution in [2.45, 2.75) is 33.2 Å². The normalized spacial score (nSPS) is 12.1. The first-order valence-electron chi connectivity index (χ1n) is 5.96. The second-order valence-corrected chi connectivity index (χ2v) is 4.69. The van der Waals surface area contributed by atoms with Crippen LogP contribution >= 0.6 is 0 Å². The van der Waals surface area contributed by atoms with Gasteiger partial charge in [-0.15, -0.1) is 0 Å². The number of ether oxygens (including phenoxy) is 1. The summed E-state index contributed by atoms with van der Waals surface area (Å²) in [5.41, 5.74) is 3.13. The van der Waals surface area contributed by atoms with Crippen LogP contribution in [0.15, 0.2) is 12.1 Å². The Labute approximate surface area is 108 Å². The summed E-state index contributed by atoms with van der Waals surface area (Å²) in [5.74, 6) is 0.0121. The van der Waals surface area contributed by atoms with Crippen LogP contribution in [0.2, 0.25) is 0 Å². The quantitative estimate of drug-likeness (QED) is 0.874. The molecule has 0 amide bonds. The highest BCUT2D eigenvalue weighted by Gasteiger charge is 2.18. The Hall–Kier alpha value is -1.71. The third kappa shape index (κ3) is 3.15. The molecular formula is C14H21NO3. The van der Waals surface area contributed by atoms with Gasteiger partial charge in [0.05, 0.1) is 19.2 Å². The van der Waals surface area contributed by atoms with Gasteiger partial charge in [0.15, 0.2) is 0 Å². The molecule has 0 aromatic heterocycles. The van der Waals surface area contributed by atoms with Crippen molar-refractivity contribution in [1.29, 1.82) is 0 Å². The van der Waals surface area contributed by atoms with Crippen molar-refractivity contribution < 1.29 is 14.6 Å². The standard InChI is InChI=1S/C14H21NO3/c1-9-6-10(2)14(18-5)12(7-9)15(4)11(3)8-13(16)17/h6-7,11H,8H2,1-5H3,(H,16,17). The van der Waals surface area contributed by atoms with Gasteiger partial charge in [-0.05, 0) is 38.0 Å². The Kier molecular flexibility index (Phi) is 4.59. The maximum atomic E-state index is 10.8. The summed E-state index contributed by atoms with van der Waals surface area (Å²) in [6.45, 7) is 5.90. The van der Waals surface area contributed by atoms with Crippen LogP contribution in [0.1, 0.15) is 24.5 Å². The fraction of sp³-hybridized carbons (Fsp3) is 0.500. The van der Waals surface area contributed by atoms with Crippen LogP contribution in [-0.2, 0) is 4.79 Å². The molecule has 0 aliphatic rings. The number of rotatable bonds is 5. The van der Waals surface area contributed by atoms with Crippen LogP contribution in [0.3, 0.4) is 0 Å². The van der Waals surface area contributed by atoms with Gasteiger partial charge in [-0.1, -0.05) is 6.07 Å². The molecule has 0 radical (unpaired) electrons. The molecule has 0 spiro atoms. The third-order valence-electron chi connectivity index (χ3n) is 3.11. The molecule has 1 rings (SSSR count). The van der Waals surface area contributed by atoms with E-state index in [1.165, 1.54) is 0 Å². The Morgan fingerprint density at radius 2 is 2.06 bits per heavy atom. The van der Waals surface area contributed by atoms with Crippen LogP contribution in [0.25, 0.3) is 0 Å². The number of aliphatic carboxylic acids is 1. The first kappa shape index (κ1) is 14.4. The molecule has 1 unspecified atom stereocenters. The molecule has 0 bridgehead atoms. The third-order valence-corrected chi connectivity index (χ3v) is 3.11. The molecule has 100 valence electrons. The van der Waals surface area contributed by atoms with Gasteiger partial charge in [0.25, 0.3) is 0 Å². The Morgan fingerprint density at radius 1 is 1.44 bits per heavy atom. The number of carbonyl (C=O) groups is 1. The largest absolute Gasteiger partial charge is 0.494 e. The maximum Gasteiger partial charge on any atom is 0.305 e. The number of nitrogens with zero attached hydrogens (tertiary/aromatic N) is 1. The number of carboxylic acids is 1. The number of aryl methyl sites for hydroxylation is 2. The molecule has 0 heterocycles. The second kappa shape index (κ2) is 5.76. The predicted octanol–water partition coefficient (Wildman–Crippen LogP) is 2.61. The molecule has 4 heteroatoms. The number of hydrogen-bond acceptors (Lipinski definition) is 3. The highest BCUT2D eigenvalue weighted by molar-refractivity contribution is 5.70. The number of carboxylic acid groups (broad SMARTS) is 1. The van der Waals surface area contributed by atoms with Crippen molar-refractivity contribution in [3.8, 4) is 5.75 Å². The summed E-state index contributed by atoms with van der Waals surface area (Å²) in [6.07, 6.45) is 0.104. The molecule has 4 nitrogen and oxygen atoms in total.